The predicted octanol–water partition coefficient (Wildman–Crippen LogP) is 1.43. The van der Waals surface area contributed by atoms with Crippen LogP contribution in [0, 0.1) is 5.92 Å². The van der Waals surface area contributed by atoms with Gasteiger partial charge >= 0.3 is 5.97 Å². The normalized spacial score (nSPS) is 17.5. The van der Waals surface area contributed by atoms with E-state index in [0.717, 1.165) is 24.3 Å². The molecule has 2 N–H and O–H groups in total. The van der Waals surface area contributed by atoms with Gasteiger partial charge in [0.15, 0.2) is 11.4 Å². The summed E-state index contributed by atoms with van der Waals surface area (Å²) in [7, 11) is 0. The molecule has 1 saturated heterocycles. The van der Waals surface area contributed by atoms with Crippen LogP contribution in [-0.2, 0) is 6.54 Å². The molecule has 0 saturated carbocycles. The monoisotopic (exact) mass is 242 g/mol. The average Bonchev–Trinajstić information content (AvgIpc) is 2.61. The van der Waals surface area contributed by atoms with Gasteiger partial charge < -0.3 is 10.2 Å². The molecular formula is C10H14N2O3S. The van der Waals surface area contributed by atoms with Gasteiger partial charge in [0.05, 0.1) is 6.20 Å². The van der Waals surface area contributed by atoms with E-state index >= 15 is 0 Å². The zero-order chi connectivity index (χ0) is 11.5. The second-order valence-electron chi connectivity index (χ2n) is 3.92. The van der Waals surface area contributed by atoms with Gasteiger partial charge in [-0.25, -0.2) is 4.79 Å². The van der Waals surface area contributed by atoms with Gasteiger partial charge in [-0.1, -0.05) is 0 Å². The Labute approximate surface area is 97.5 Å². The van der Waals surface area contributed by atoms with Crippen molar-refractivity contribution in [3.8, 4) is 5.75 Å². The summed E-state index contributed by atoms with van der Waals surface area (Å²) < 4.78 is 1.40. The van der Waals surface area contributed by atoms with Gasteiger partial charge in [-0.3, -0.25) is 4.68 Å². The third-order valence-corrected chi connectivity index (χ3v) is 3.84. The van der Waals surface area contributed by atoms with Gasteiger partial charge in [-0.2, -0.15) is 16.9 Å². The van der Waals surface area contributed by atoms with Crippen LogP contribution < -0.4 is 0 Å². The quantitative estimate of drug-likeness (QED) is 0.838. The molecule has 0 bridgehead atoms. The first-order valence-electron chi connectivity index (χ1n) is 5.24. The van der Waals surface area contributed by atoms with Crippen molar-refractivity contribution in [3.63, 3.8) is 0 Å². The molecule has 0 radical (unpaired) electrons. The molecule has 1 fully saturated rings. The van der Waals surface area contributed by atoms with Crippen molar-refractivity contribution in [2.75, 3.05) is 11.5 Å². The summed E-state index contributed by atoms with van der Waals surface area (Å²) in [5, 5.41) is 22.2. The molecular weight excluding hydrogens is 228 g/mol. The molecule has 0 unspecified atom stereocenters. The van der Waals surface area contributed by atoms with E-state index in [-0.39, 0.29) is 11.4 Å². The molecule has 0 spiro atoms. The largest absolute Gasteiger partial charge is 0.504 e. The number of thioether (sulfide) groups is 1. The number of aromatic hydroxyl groups is 1. The fourth-order valence-corrected chi connectivity index (χ4v) is 3.11. The summed E-state index contributed by atoms with van der Waals surface area (Å²) in [6.45, 7) is 0.586. The van der Waals surface area contributed by atoms with Crippen LogP contribution in [-0.4, -0.2) is 37.5 Å². The van der Waals surface area contributed by atoms with Gasteiger partial charge in [0.25, 0.3) is 0 Å². The maximum absolute atomic E-state index is 10.9. The number of aromatic nitrogens is 2. The van der Waals surface area contributed by atoms with E-state index in [1.807, 2.05) is 11.8 Å². The molecule has 1 aliphatic heterocycles. The minimum Gasteiger partial charge on any atom is -0.504 e. The van der Waals surface area contributed by atoms with E-state index in [4.69, 9.17) is 5.11 Å². The summed E-state index contributed by atoms with van der Waals surface area (Å²) in [6.07, 6.45) is 3.37. The maximum atomic E-state index is 10.9. The zero-order valence-corrected chi connectivity index (χ0v) is 9.61. The topological polar surface area (TPSA) is 75.3 Å². The summed E-state index contributed by atoms with van der Waals surface area (Å²) in [4.78, 5) is 10.9. The molecule has 16 heavy (non-hydrogen) atoms. The number of hydrogen-bond acceptors (Lipinski definition) is 4. The van der Waals surface area contributed by atoms with Crippen molar-refractivity contribution in [2.24, 2.45) is 5.92 Å². The van der Waals surface area contributed by atoms with Crippen molar-refractivity contribution < 1.29 is 15.0 Å². The maximum Gasteiger partial charge on any atom is 0.358 e. The molecule has 88 valence electrons. The van der Waals surface area contributed by atoms with Crippen molar-refractivity contribution in [1.82, 2.24) is 9.78 Å². The molecule has 1 aromatic heterocycles. The number of hydrogen-bond donors (Lipinski definition) is 2. The second kappa shape index (κ2) is 4.78. The second-order valence-corrected chi connectivity index (χ2v) is 5.15. The SMILES string of the molecule is O=C(O)c1c(O)cnn1CC1CCSCC1. The minimum atomic E-state index is -1.12. The molecule has 0 amide bonds. The molecule has 2 heterocycles. The highest BCUT2D eigenvalue weighted by atomic mass is 32.2. The Hall–Kier alpha value is -1.17. The average molecular weight is 242 g/mol. The van der Waals surface area contributed by atoms with Crippen LogP contribution in [0.25, 0.3) is 0 Å². The molecule has 6 heteroatoms. The standard InChI is InChI=1S/C10H14N2O3S/c13-8-5-11-12(9(8)10(14)15)6-7-1-3-16-4-2-7/h5,7,13H,1-4,6H2,(H,14,15). The Morgan fingerprint density at radius 3 is 2.88 bits per heavy atom. The van der Waals surface area contributed by atoms with E-state index in [2.05, 4.69) is 5.10 Å². The van der Waals surface area contributed by atoms with Gasteiger partial charge in [-0.15, -0.1) is 0 Å². The Balaban J connectivity index is 2.11. The Kier molecular flexibility index (Phi) is 3.38. The summed E-state index contributed by atoms with van der Waals surface area (Å²) in [5.74, 6) is 1.34. The van der Waals surface area contributed by atoms with Crippen molar-refractivity contribution in [3.05, 3.63) is 11.9 Å². The molecule has 0 aliphatic carbocycles. The van der Waals surface area contributed by atoms with Crippen molar-refractivity contribution >= 4 is 17.7 Å². The summed E-state index contributed by atoms with van der Waals surface area (Å²) >= 11 is 1.93. The summed E-state index contributed by atoms with van der Waals surface area (Å²) in [6, 6.07) is 0. The fraction of sp³-hybridized carbons (Fsp3) is 0.600. The van der Waals surface area contributed by atoms with E-state index < -0.39 is 5.97 Å². The number of rotatable bonds is 3. The lowest BCUT2D eigenvalue weighted by atomic mass is 10.0. The number of carboxylic acid groups (broad SMARTS) is 1. The third-order valence-electron chi connectivity index (χ3n) is 2.79. The molecule has 2 rings (SSSR count). The van der Waals surface area contributed by atoms with Crippen LogP contribution in [0.3, 0.4) is 0 Å². The van der Waals surface area contributed by atoms with Crippen LogP contribution >= 0.6 is 11.8 Å². The van der Waals surface area contributed by atoms with Crippen LogP contribution in [0.1, 0.15) is 23.3 Å². The highest BCUT2D eigenvalue weighted by Crippen LogP contribution is 2.25. The van der Waals surface area contributed by atoms with Crippen LogP contribution in [0.2, 0.25) is 0 Å². The summed E-state index contributed by atoms with van der Waals surface area (Å²) in [5.41, 5.74) is -0.0989. The van der Waals surface area contributed by atoms with Crippen LogP contribution in [0.15, 0.2) is 6.20 Å². The smallest absolute Gasteiger partial charge is 0.358 e. The molecule has 0 aromatic carbocycles. The van der Waals surface area contributed by atoms with E-state index in [0.29, 0.717) is 12.5 Å². The number of aromatic carboxylic acids is 1. The lowest BCUT2D eigenvalue weighted by Gasteiger charge is -2.21. The zero-order valence-electron chi connectivity index (χ0n) is 8.80. The van der Waals surface area contributed by atoms with Crippen LogP contribution in [0.5, 0.6) is 5.75 Å². The molecule has 5 nitrogen and oxygen atoms in total. The first kappa shape index (κ1) is 11.3. The lowest BCUT2D eigenvalue weighted by Crippen LogP contribution is -2.20. The minimum absolute atomic E-state index is 0.0989. The lowest BCUT2D eigenvalue weighted by molar-refractivity contribution is 0.0678. The first-order chi connectivity index (χ1) is 7.68. The first-order valence-corrected chi connectivity index (χ1v) is 6.39. The molecule has 1 aromatic rings. The number of carboxylic acids is 1. The highest BCUT2D eigenvalue weighted by molar-refractivity contribution is 7.99. The van der Waals surface area contributed by atoms with E-state index in [1.165, 1.54) is 10.9 Å². The van der Waals surface area contributed by atoms with Crippen molar-refractivity contribution in [1.29, 1.82) is 0 Å². The van der Waals surface area contributed by atoms with Gasteiger partial charge in [-0.05, 0) is 30.3 Å². The van der Waals surface area contributed by atoms with E-state index in [1.54, 1.807) is 0 Å². The van der Waals surface area contributed by atoms with Gasteiger partial charge in [0.2, 0.25) is 0 Å². The number of carbonyl (C=O) groups is 1. The highest BCUT2D eigenvalue weighted by Gasteiger charge is 2.21. The number of nitrogens with zero attached hydrogens (tertiary/aromatic N) is 2. The molecule has 0 atom stereocenters. The Morgan fingerprint density at radius 1 is 1.56 bits per heavy atom. The third kappa shape index (κ3) is 2.32. The fourth-order valence-electron chi connectivity index (χ4n) is 1.91. The van der Waals surface area contributed by atoms with Crippen LogP contribution in [0.4, 0.5) is 0 Å². The van der Waals surface area contributed by atoms with Gasteiger partial charge in [0.1, 0.15) is 0 Å². The Bertz CT molecular complexity index is 385. The van der Waals surface area contributed by atoms with Crippen molar-refractivity contribution in [2.45, 2.75) is 19.4 Å². The molecule has 1 aliphatic rings. The van der Waals surface area contributed by atoms with E-state index in [9.17, 15) is 9.90 Å². The Morgan fingerprint density at radius 2 is 2.25 bits per heavy atom. The predicted molar refractivity (Wildman–Crippen MR) is 60.9 cm³/mol. The van der Waals surface area contributed by atoms with Gasteiger partial charge in [0, 0.05) is 6.54 Å².